The van der Waals surface area contributed by atoms with Gasteiger partial charge in [-0.15, -0.1) is 0 Å². The topological polar surface area (TPSA) is 18.5 Å². The summed E-state index contributed by atoms with van der Waals surface area (Å²) < 4.78 is 51.4. The molecule has 0 spiro atoms. The van der Waals surface area contributed by atoms with Crippen molar-refractivity contribution >= 4 is 0 Å². The zero-order valence-corrected chi connectivity index (χ0v) is 11.8. The number of hydrogen-bond acceptors (Lipinski definition) is 2. The molecule has 0 unspecified atom stereocenters. The van der Waals surface area contributed by atoms with Crippen molar-refractivity contribution < 1.29 is 22.6 Å². The van der Waals surface area contributed by atoms with Crippen LogP contribution in [-0.4, -0.2) is 13.7 Å². The third-order valence-corrected chi connectivity index (χ3v) is 2.97. The third kappa shape index (κ3) is 3.12. The molecule has 0 amide bonds. The molecule has 0 aromatic heterocycles. The van der Waals surface area contributed by atoms with Crippen LogP contribution in [-0.2, 0) is 0 Å². The first-order valence-corrected chi connectivity index (χ1v) is 6.53. The Morgan fingerprint density at radius 2 is 1.67 bits per heavy atom. The van der Waals surface area contributed by atoms with E-state index in [0.29, 0.717) is 6.61 Å². The molecule has 0 atom stereocenters. The van der Waals surface area contributed by atoms with Crippen molar-refractivity contribution in [3.05, 3.63) is 47.8 Å². The predicted octanol–water partition coefficient (Wildman–Crippen LogP) is 4.57. The van der Waals surface area contributed by atoms with E-state index < -0.39 is 17.5 Å². The second-order valence-corrected chi connectivity index (χ2v) is 4.44. The van der Waals surface area contributed by atoms with Crippen LogP contribution < -0.4 is 9.47 Å². The van der Waals surface area contributed by atoms with Crippen LogP contribution in [0.3, 0.4) is 0 Å². The van der Waals surface area contributed by atoms with Crippen LogP contribution in [0, 0.1) is 17.5 Å². The van der Waals surface area contributed by atoms with Gasteiger partial charge in [0.2, 0.25) is 5.82 Å². The summed E-state index contributed by atoms with van der Waals surface area (Å²) >= 11 is 0. The molecule has 21 heavy (non-hydrogen) atoms. The van der Waals surface area contributed by atoms with Gasteiger partial charge in [-0.25, -0.2) is 8.78 Å². The van der Waals surface area contributed by atoms with Gasteiger partial charge in [0, 0.05) is 5.56 Å². The van der Waals surface area contributed by atoms with E-state index in [2.05, 4.69) is 0 Å². The molecule has 2 aromatic carbocycles. The smallest absolute Gasteiger partial charge is 0.201 e. The van der Waals surface area contributed by atoms with Crippen molar-refractivity contribution in [2.75, 3.05) is 13.7 Å². The first-order chi connectivity index (χ1) is 10.1. The Morgan fingerprint density at radius 3 is 2.29 bits per heavy atom. The number of benzene rings is 2. The van der Waals surface area contributed by atoms with Crippen LogP contribution in [0.1, 0.15) is 13.3 Å². The van der Waals surface area contributed by atoms with Crippen molar-refractivity contribution in [2.24, 2.45) is 0 Å². The summed E-state index contributed by atoms with van der Waals surface area (Å²) in [6.45, 7) is 2.30. The van der Waals surface area contributed by atoms with Crippen molar-refractivity contribution in [3.8, 4) is 22.6 Å². The molecule has 2 aromatic rings. The van der Waals surface area contributed by atoms with Gasteiger partial charge in [-0.3, -0.25) is 0 Å². The molecule has 2 rings (SSSR count). The van der Waals surface area contributed by atoms with E-state index in [1.807, 2.05) is 6.92 Å². The minimum atomic E-state index is -1.10. The molecule has 0 aliphatic carbocycles. The van der Waals surface area contributed by atoms with Crippen LogP contribution in [0.5, 0.6) is 11.5 Å². The molecular weight excluding hydrogens is 281 g/mol. The first kappa shape index (κ1) is 15.2. The third-order valence-electron chi connectivity index (χ3n) is 2.97. The lowest BCUT2D eigenvalue weighted by molar-refractivity contribution is 0.301. The van der Waals surface area contributed by atoms with Gasteiger partial charge in [-0.2, -0.15) is 4.39 Å². The van der Waals surface area contributed by atoms with E-state index in [1.165, 1.54) is 31.4 Å². The fraction of sp³-hybridized carbons (Fsp3) is 0.250. The standard InChI is InChI=1S/C16H15F3O2/c1-3-8-21-13-6-4-10(9-12(13)17)11-5-7-14(20-2)16(19)15(11)18/h4-7,9H,3,8H2,1-2H3. The Morgan fingerprint density at radius 1 is 0.952 bits per heavy atom. The lowest BCUT2D eigenvalue weighted by Gasteiger charge is -2.10. The Bertz CT molecular complexity index is 642. The molecular formula is C16H15F3O2. The average molecular weight is 296 g/mol. The summed E-state index contributed by atoms with van der Waals surface area (Å²) in [6.07, 6.45) is 0.750. The molecule has 0 aliphatic heterocycles. The monoisotopic (exact) mass is 296 g/mol. The summed E-state index contributed by atoms with van der Waals surface area (Å²) in [4.78, 5) is 0. The van der Waals surface area contributed by atoms with Crippen LogP contribution in [0.4, 0.5) is 13.2 Å². The molecule has 0 heterocycles. The minimum Gasteiger partial charge on any atom is -0.494 e. The van der Waals surface area contributed by atoms with Crippen molar-refractivity contribution in [1.82, 2.24) is 0 Å². The lowest BCUT2D eigenvalue weighted by Crippen LogP contribution is -1.98. The Balaban J connectivity index is 2.39. The molecule has 0 aliphatic rings. The fourth-order valence-electron chi connectivity index (χ4n) is 1.91. The molecule has 0 bridgehead atoms. The van der Waals surface area contributed by atoms with Crippen molar-refractivity contribution in [1.29, 1.82) is 0 Å². The molecule has 5 heteroatoms. The van der Waals surface area contributed by atoms with Crippen LogP contribution in [0.2, 0.25) is 0 Å². The number of ether oxygens (including phenoxy) is 2. The van der Waals surface area contributed by atoms with Crippen molar-refractivity contribution in [3.63, 3.8) is 0 Å². The molecule has 0 radical (unpaired) electrons. The summed E-state index contributed by atoms with van der Waals surface area (Å²) in [5, 5.41) is 0. The van der Waals surface area contributed by atoms with E-state index >= 15 is 0 Å². The fourth-order valence-corrected chi connectivity index (χ4v) is 1.91. The van der Waals surface area contributed by atoms with Gasteiger partial charge in [0.1, 0.15) is 0 Å². The maximum atomic E-state index is 14.0. The normalized spacial score (nSPS) is 10.5. The summed E-state index contributed by atoms with van der Waals surface area (Å²) in [6, 6.07) is 6.65. The van der Waals surface area contributed by atoms with E-state index in [1.54, 1.807) is 0 Å². The molecule has 2 nitrogen and oxygen atoms in total. The SMILES string of the molecule is CCCOc1ccc(-c2ccc(OC)c(F)c2F)cc1F. The minimum absolute atomic E-state index is 0.0331. The summed E-state index contributed by atoms with van der Waals surface area (Å²) in [5.41, 5.74) is 0.199. The lowest BCUT2D eigenvalue weighted by atomic mass is 10.0. The van der Waals surface area contributed by atoms with Gasteiger partial charge in [0.25, 0.3) is 0 Å². The van der Waals surface area contributed by atoms with Gasteiger partial charge < -0.3 is 9.47 Å². The summed E-state index contributed by atoms with van der Waals surface area (Å²) in [7, 11) is 1.25. The molecule has 112 valence electrons. The van der Waals surface area contributed by atoms with E-state index in [0.717, 1.165) is 12.5 Å². The molecule has 0 saturated heterocycles. The van der Waals surface area contributed by atoms with Crippen LogP contribution >= 0.6 is 0 Å². The summed E-state index contributed by atoms with van der Waals surface area (Å²) in [5.74, 6) is -2.89. The van der Waals surface area contributed by atoms with Gasteiger partial charge in [-0.05, 0) is 36.2 Å². The van der Waals surface area contributed by atoms with Gasteiger partial charge >= 0.3 is 0 Å². The number of halogens is 3. The molecule has 0 saturated carbocycles. The average Bonchev–Trinajstić information content (AvgIpc) is 2.49. The Labute approximate surface area is 121 Å². The van der Waals surface area contributed by atoms with Gasteiger partial charge in [0.15, 0.2) is 23.1 Å². The quantitative estimate of drug-likeness (QED) is 0.804. The maximum Gasteiger partial charge on any atom is 0.201 e. The van der Waals surface area contributed by atoms with Gasteiger partial charge in [0.05, 0.1) is 13.7 Å². The number of rotatable bonds is 5. The largest absolute Gasteiger partial charge is 0.494 e. The highest BCUT2D eigenvalue weighted by Crippen LogP contribution is 2.31. The zero-order valence-electron chi connectivity index (χ0n) is 11.8. The maximum absolute atomic E-state index is 14.0. The Hall–Kier alpha value is -2.17. The van der Waals surface area contributed by atoms with Crippen molar-refractivity contribution in [2.45, 2.75) is 13.3 Å². The molecule has 0 N–H and O–H groups in total. The highest BCUT2D eigenvalue weighted by molar-refractivity contribution is 5.66. The highest BCUT2D eigenvalue weighted by Gasteiger charge is 2.16. The second kappa shape index (κ2) is 6.52. The molecule has 0 fully saturated rings. The first-order valence-electron chi connectivity index (χ1n) is 6.53. The zero-order chi connectivity index (χ0) is 15.4. The van der Waals surface area contributed by atoms with E-state index in [-0.39, 0.29) is 22.6 Å². The Kier molecular flexibility index (Phi) is 4.73. The van der Waals surface area contributed by atoms with E-state index in [9.17, 15) is 13.2 Å². The number of hydrogen-bond donors (Lipinski definition) is 0. The van der Waals surface area contributed by atoms with E-state index in [4.69, 9.17) is 9.47 Å². The number of methoxy groups -OCH3 is 1. The van der Waals surface area contributed by atoms with Crippen LogP contribution in [0.15, 0.2) is 30.3 Å². The second-order valence-electron chi connectivity index (χ2n) is 4.44. The van der Waals surface area contributed by atoms with Gasteiger partial charge in [-0.1, -0.05) is 13.0 Å². The highest BCUT2D eigenvalue weighted by atomic mass is 19.2. The van der Waals surface area contributed by atoms with Crippen LogP contribution in [0.25, 0.3) is 11.1 Å². The predicted molar refractivity (Wildman–Crippen MR) is 74.1 cm³/mol.